The molecule has 0 atom stereocenters. The SMILES string of the molecule is C=CCn1c(C)cc(C(=O)CSc2nncn2-c2ccccc2)c1C. The molecule has 3 aromatic rings. The summed E-state index contributed by atoms with van der Waals surface area (Å²) in [5.41, 5.74) is 3.79. The van der Waals surface area contributed by atoms with Crippen molar-refractivity contribution in [3.63, 3.8) is 0 Å². The lowest BCUT2D eigenvalue weighted by Crippen LogP contribution is -2.07. The molecule has 0 saturated carbocycles. The van der Waals surface area contributed by atoms with Gasteiger partial charge in [-0.1, -0.05) is 36.0 Å². The number of hydrogen-bond acceptors (Lipinski definition) is 4. The standard InChI is InChI=1S/C19H20N4OS/c1-4-10-22-14(2)11-17(15(22)3)18(24)12-25-19-21-20-13-23(19)16-8-6-5-7-9-16/h4-9,11,13H,1,10,12H2,2-3H3. The van der Waals surface area contributed by atoms with E-state index in [4.69, 9.17) is 0 Å². The Kier molecular flexibility index (Phi) is 5.19. The summed E-state index contributed by atoms with van der Waals surface area (Å²) in [6.45, 7) is 8.46. The van der Waals surface area contributed by atoms with Crippen LogP contribution in [0.4, 0.5) is 0 Å². The third-order valence-electron chi connectivity index (χ3n) is 4.07. The first-order chi connectivity index (χ1) is 12.1. The number of carbonyl (C=O) groups excluding carboxylic acids is 1. The quantitative estimate of drug-likeness (QED) is 0.368. The van der Waals surface area contributed by atoms with Gasteiger partial charge in [0.2, 0.25) is 0 Å². The fourth-order valence-electron chi connectivity index (χ4n) is 2.79. The molecule has 25 heavy (non-hydrogen) atoms. The molecule has 0 bridgehead atoms. The molecule has 2 aromatic heterocycles. The van der Waals surface area contributed by atoms with E-state index in [1.165, 1.54) is 11.8 Å². The lowest BCUT2D eigenvalue weighted by atomic mass is 10.2. The lowest BCUT2D eigenvalue weighted by Gasteiger charge is -2.07. The molecule has 0 spiro atoms. The lowest BCUT2D eigenvalue weighted by molar-refractivity contribution is 0.102. The molecule has 6 heteroatoms. The van der Waals surface area contributed by atoms with Crippen LogP contribution in [0.2, 0.25) is 0 Å². The summed E-state index contributed by atoms with van der Waals surface area (Å²) in [5.74, 6) is 0.417. The second-order valence-electron chi connectivity index (χ2n) is 5.72. The van der Waals surface area contributed by atoms with Gasteiger partial charge in [0.25, 0.3) is 0 Å². The van der Waals surface area contributed by atoms with Gasteiger partial charge in [0, 0.05) is 29.2 Å². The zero-order chi connectivity index (χ0) is 17.8. The van der Waals surface area contributed by atoms with Gasteiger partial charge < -0.3 is 4.57 Å². The number of ketones is 1. The highest BCUT2D eigenvalue weighted by Gasteiger charge is 2.17. The molecular formula is C19H20N4OS. The summed E-state index contributed by atoms with van der Waals surface area (Å²) in [6, 6.07) is 11.8. The van der Waals surface area contributed by atoms with Crippen LogP contribution in [0.1, 0.15) is 21.7 Å². The second kappa shape index (κ2) is 7.53. The highest BCUT2D eigenvalue weighted by atomic mass is 32.2. The van der Waals surface area contributed by atoms with Crippen molar-refractivity contribution in [2.24, 2.45) is 0 Å². The smallest absolute Gasteiger partial charge is 0.196 e. The predicted octanol–water partition coefficient (Wildman–Crippen LogP) is 3.85. The topological polar surface area (TPSA) is 52.7 Å². The number of hydrogen-bond donors (Lipinski definition) is 0. The summed E-state index contributed by atoms with van der Waals surface area (Å²) >= 11 is 1.40. The van der Waals surface area contributed by atoms with Crippen LogP contribution in [0.25, 0.3) is 5.69 Å². The maximum Gasteiger partial charge on any atom is 0.196 e. The molecule has 0 amide bonds. The number of carbonyl (C=O) groups is 1. The largest absolute Gasteiger partial charge is 0.345 e. The number of benzene rings is 1. The maximum absolute atomic E-state index is 12.7. The number of aryl methyl sites for hydroxylation is 1. The van der Waals surface area contributed by atoms with E-state index < -0.39 is 0 Å². The van der Waals surface area contributed by atoms with Crippen LogP contribution in [0.3, 0.4) is 0 Å². The highest BCUT2D eigenvalue weighted by molar-refractivity contribution is 7.99. The number of aromatic nitrogens is 4. The van der Waals surface area contributed by atoms with Crippen LogP contribution in [0.5, 0.6) is 0 Å². The van der Waals surface area contributed by atoms with Crippen molar-refractivity contribution in [3.05, 3.63) is 72.3 Å². The Balaban J connectivity index is 1.75. The van der Waals surface area contributed by atoms with Crippen molar-refractivity contribution in [1.82, 2.24) is 19.3 Å². The van der Waals surface area contributed by atoms with E-state index in [0.29, 0.717) is 17.5 Å². The van der Waals surface area contributed by atoms with Crippen molar-refractivity contribution >= 4 is 17.5 Å². The van der Waals surface area contributed by atoms with E-state index in [2.05, 4.69) is 21.3 Å². The molecule has 0 fully saturated rings. The first kappa shape index (κ1) is 17.2. The van der Waals surface area contributed by atoms with Gasteiger partial charge in [-0.25, -0.2) is 0 Å². The molecule has 0 aliphatic rings. The number of nitrogens with zero attached hydrogens (tertiary/aromatic N) is 4. The van der Waals surface area contributed by atoms with Gasteiger partial charge in [-0.15, -0.1) is 16.8 Å². The van der Waals surface area contributed by atoms with Crippen LogP contribution in [-0.2, 0) is 6.54 Å². The molecular weight excluding hydrogens is 332 g/mol. The van der Waals surface area contributed by atoms with Gasteiger partial charge in [0.1, 0.15) is 6.33 Å². The molecule has 5 nitrogen and oxygen atoms in total. The first-order valence-corrected chi connectivity index (χ1v) is 8.99. The molecule has 1 aromatic carbocycles. The molecule has 0 aliphatic carbocycles. The number of rotatable bonds is 7. The molecule has 0 N–H and O–H groups in total. The van der Waals surface area contributed by atoms with Crippen molar-refractivity contribution in [2.75, 3.05) is 5.75 Å². The summed E-state index contributed by atoms with van der Waals surface area (Å²) in [7, 11) is 0. The van der Waals surface area contributed by atoms with E-state index >= 15 is 0 Å². The van der Waals surface area contributed by atoms with Gasteiger partial charge in [-0.05, 0) is 32.0 Å². The Labute approximate surface area is 151 Å². The molecule has 0 radical (unpaired) electrons. The minimum Gasteiger partial charge on any atom is -0.345 e. The molecule has 3 rings (SSSR count). The van der Waals surface area contributed by atoms with Crippen LogP contribution < -0.4 is 0 Å². The molecule has 0 unspecified atom stereocenters. The van der Waals surface area contributed by atoms with Crippen LogP contribution in [-0.4, -0.2) is 30.9 Å². The van der Waals surface area contributed by atoms with Gasteiger partial charge in [0.15, 0.2) is 10.9 Å². The Morgan fingerprint density at radius 2 is 2.04 bits per heavy atom. The Hall–Kier alpha value is -2.60. The van der Waals surface area contributed by atoms with Gasteiger partial charge in [-0.2, -0.15) is 0 Å². The van der Waals surface area contributed by atoms with Crippen molar-refractivity contribution in [2.45, 2.75) is 25.5 Å². The minimum absolute atomic E-state index is 0.0935. The number of allylic oxidation sites excluding steroid dienone is 1. The third kappa shape index (κ3) is 3.58. The van der Waals surface area contributed by atoms with E-state index in [-0.39, 0.29) is 5.78 Å². The number of thioether (sulfide) groups is 1. The molecule has 2 heterocycles. The monoisotopic (exact) mass is 352 g/mol. The number of para-hydroxylation sites is 1. The molecule has 128 valence electrons. The van der Waals surface area contributed by atoms with Gasteiger partial charge >= 0.3 is 0 Å². The Morgan fingerprint density at radius 3 is 2.76 bits per heavy atom. The summed E-state index contributed by atoms with van der Waals surface area (Å²) in [6.07, 6.45) is 3.50. The van der Waals surface area contributed by atoms with Gasteiger partial charge in [0.05, 0.1) is 5.75 Å². The predicted molar refractivity (Wildman–Crippen MR) is 101 cm³/mol. The Morgan fingerprint density at radius 1 is 1.28 bits per heavy atom. The number of Topliss-reactive ketones (excluding diaryl/α,β-unsaturated/α-hetero) is 1. The van der Waals surface area contributed by atoms with E-state index in [0.717, 1.165) is 22.6 Å². The zero-order valence-electron chi connectivity index (χ0n) is 14.3. The first-order valence-electron chi connectivity index (χ1n) is 8.01. The molecule has 0 saturated heterocycles. The van der Waals surface area contributed by atoms with Crippen molar-refractivity contribution in [3.8, 4) is 5.69 Å². The maximum atomic E-state index is 12.7. The highest BCUT2D eigenvalue weighted by Crippen LogP contribution is 2.22. The summed E-state index contributed by atoms with van der Waals surface area (Å²) in [5, 5.41) is 8.82. The normalized spacial score (nSPS) is 10.8. The Bertz CT molecular complexity index is 896. The van der Waals surface area contributed by atoms with Crippen LogP contribution in [0.15, 0.2) is 60.5 Å². The van der Waals surface area contributed by atoms with Crippen LogP contribution >= 0.6 is 11.8 Å². The summed E-state index contributed by atoms with van der Waals surface area (Å²) < 4.78 is 3.98. The van der Waals surface area contributed by atoms with E-state index in [1.807, 2.05) is 60.9 Å². The average Bonchev–Trinajstić information content (AvgIpc) is 3.20. The van der Waals surface area contributed by atoms with Crippen LogP contribution in [0, 0.1) is 13.8 Å². The zero-order valence-corrected chi connectivity index (χ0v) is 15.2. The average molecular weight is 352 g/mol. The van der Waals surface area contributed by atoms with E-state index in [9.17, 15) is 4.79 Å². The van der Waals surface area contributed by atoms with Gasteiger partial charge in [-0.3, -0.25) is 9.36 Å². The minimum atomic E-state index is 0.0935. The fourth-order valence-corrected chi connectivity index (χ4v) is 3.60. The molecule has 0 aliphatic heterocycles. The van der Waals surface area contributed by atoms with Crippen molar-refractivity contribution in [1.29, 1.82) is 0 Å². The summed E-state index contributed by atoms with van der Waals surface area (Å²) in [4.78, 5) is 12.7. The second-order valence-corrected chi connectivity index (χ2v) is 6.66. The fraction of sp³-hybridized carbons (Fsp3) is 0.211. The third-order valence-corrected chi connectivity index (χ3v) is 5.01. The van der Waals surface area contributed by atoms with Crippen molar-refractivity contribution < 1.29 is 4.79 Å². The van der Waals surface area contributed by atoms with E-state index in [1.54, 1.807) is 6.33 Å².